The number of aryl methyl sites for hydroxylation is 3. The van der Waals surface area contributed by atoms with Crippen molar-refractivity contribution < 1.29 is 33.7 Å². The molecule has 1 radical (unpaired) electrons. The first kappa shape index (κ1) is 43.0. The van der Waals surface area contributed by atoms with Crippen LogP contribution in [0.5, 0.6) is 0 Å². The third kappa shape index (κ3) is 7.99. The molecule has 10 rings (SSSR count). The number of nitrogens with zero attached hydrogens (tertiary/aromatic N) is 2. The molecule has 3 aliphatic rings. The van der Waals surface area contributed by atoms with Gasteiger partial charge in [-0.3, -0.25) is 0 Å². The molecule has 61 heavy (non-hydrogen) atoms. The molecule has 5 heteroatoms. The van der Waals surface area contributed by atoms with Gasteiger partial charge in [0.2, 0.25) is 0 Å². The molecular weight excluding hydrogens is 937 g/mol. The Hall–Kier alpha value is -4.67. The largest absolute Gasteiger partial charge is 0.469 e. The number of furan rings is 1. The third-order valence-electron chi connectivity index (χ3n) is 13.7. The van der Waals surface area contributed by atoms with Gasteiger partial charge in [0, 0.05) is 45.0 Å². The standard InChI is InChI=1S/C33H30NO.C23H32NSi.Ir/c1-21-14-16-28-29-20-24(26-13-7-10-22-8-3-5-11-25(22)26)15-17-30(29)35-33(28)31(21)32-27-12-6-4-9-23(27)18-19-34(32)2;1-16(2)20-14-21(24(4)15-22(20)25(5,6)7)23-17(3)12-13-18-10-8-9-11-19(18)23;/h7,10,13-20H,1-6,8-9,11-12H2;12-16H,3-4,8-11H2,1-2,5-7H3;/q2*-1;. The molecule has 0 saturated carbocycles. The Morgan fingerprint density at radius 2 is 1.25 bits per heavy atom. The van der Waals surface area contributed by atoms with E-state index < -0.39 is 8.07 Å². The number of pyridine rings is 2. The second-order valence-corrected chi connectivity index (χ2v) is 24.2. The van der Waals surface area contributed by atoms with Crippen LogP contribution in [0, 0.1) is 27.9 Å². The van der Waals surface area contributed by atoms with Crippen LogP contribution < -0.4 is 14.3 Å². The van der Waals surface area contributed by atoms with Crippen molar-refractivity contribution in [1.29, 1.82) is 0 Å². The van der Waals surface area contributed by atoms with Gasteiger partial charge in [-0.15, -0.1) is 17.7 Å². The van der Waals surface area contributed by atoms with Crippen LogP contribution in [0.15, 0.2) is 89.6 Å². The minimum Gasteiger partial charge on any atom is -0.469 e. The molecule has 3 nitrogen and oxygen atoms in total. The van der Waals surface area contributed by atoms with Gasteiger partial charge in [0.25, 0.3) is 0 Å². The summed E-state index contributed by atoms with van der Waals surface area (Å²) in [5, 5.41) is 3.85. The summed E-state index contributed by atoms with van der Waals surface area (Å²) in [5.41, 5.74) is 21.8. The Kier molecular flexibility index (Phi) is 12.1. The molecule has 0 bridgehead atoms. The zero-order valence-corrected chi connectivity index (χ0v) is 40.5. The average molecular weight is 999 g/mol. The molecule has 4 aromatic carbocycles. The predicted molar refractivity (Wildman–Crippen MR) is 254 cm³/mol. The molecule has 0 atom stereocenters. The van der Waals surface area contributed by atoms with Crippen molar-refractivity contribution >= 4 is 35.2 Å². The number of fused-ring (bicyclic) bond motifs is 6. The van der Waals surface area contributed by atoms with Crippen molar-refractivity contribution in [1.82, 2.24) is 0 Å². The van der Waals surface area contributed by atoms with E-state index in [0.29, 0.717) is 5.92 Å². The van der Waals surface area contributed by atoms with Crippen molar-refractivity contribution in [3.63, 3.8) is 0 Å². The molecule has 7 aromatic rings. The second-order valence-electron chi connectivity index (χ2n) is 19.1. The molecular formula is C56H62IrN2OSi-2. The predicted octanol–water partition coefficient (Wildman–Crippen LogP) is 12.8. The Bertz CT molecular complexity index is 2790. The van der Waals surface area contributed by atoms with Gasteiger partial charge in [0.05, 0.1) is 37.4 Å². The number of benzene rings is 4. The maximum absolute atomic E-state index is 6.59. The van der Waals surface area contributed by atoms with Gasteiger partial charge in [0.1, 0.15) is 5.58 Å². The van der Waals surface area contributed by atoms with Crippen molar-refractivity contribution in [3.8, 4) is 33.6 Å². The van der Waals surface area contributed by atoms with E-state index in [9.17, 15) is 0 Å². The molecule has 3 aromatic heterocycles. The molecule has 3 heterocycles. The van der Waals surface area contributed by atoms with Crippen LogP contribution in [0.4, 0.5) is 0 Å². The van der Waals surface area contributed by atoms with E-state index in [-0.39, 0.29) is 20.1 Å². The van der Waals surface area contributed by atoms with Crippen molar-refractivity contribution in [3.05, 3.63) is 163 Å². The Morgan fingerprint density at radius 1 is 0.623 bits per heavy atom. The fourth-order valence-corrected chi connectivity index (χ4v) is 12.4. The number of hydrogen-bond acceptors (Lipinski definition) is 1. The van der Waals surface area contributed by atoms with Gasteiger partial charge in [-0.2, -0.15) is 37.1 Å². The average Bonchev–Trinajstić information content (AvgIpc) is 3.61. The Labute approximate surface area is 380 Å². The van der Waals surface area contributed by atoms with Gasteiger partial charge < -0.3 is 13.6 Å². The van der Waals surface area contributed by atoms with E-state index in [1.807, 2.05) is 4.57 Å². The van der Waals surface area contributed by atoms with Crippen LogP contribution in [0.2, 0.25) is 19.6 Å². The molecule has 0 unspecified atom stereocenters. The zero-order chi connectivity index (χ0) is 41.9. The van der Waals surface area contributed by atoms with Crippen LogP contribution in [0.25, 0.3) is 55.6 Å². The fraction of sp³-hybridized carbons (Fsp3) is 0.321. The number of rotatable bonds is 5. The van der Waals surface area contributed by atoms with Crippen molar-refractivity contribution in [2.45, 2.75) is 116 Å². The summed E-state index contributed by atoms with van der Waals surface area (Å²) >= 11 is 0. The Balaban J connectivity index is 0.000000176. The first-order chi connectivity index (χ1) is 28.9. The van der Waals surface area contributed by atoms with E-state index in [0.717, 1.165) is 51.8 Å². The molecule has 0 fully saturated rings. The van der Waals surface area contributed by atoms with Crippen LogP contribution in [-0.2, 0) is 58.6 Å². The maximum Gasteiger partial charge on any atom is 0.133 e. The summed E-state index contributed by atoms with van der Waals surface area (Å²) in [4.78, 5) is 0. The van der Waals surface area contributed by atoms with Gasteiger partial charge in [-0.1, -0.05) is 97.7 Å². The topological polar surface area (TPSA) is 20.9 Å². The van der Waals surface area contributed by atoms with E-state index in [1.54, 1.807) is 0 Å². The molecule has 0 aliphatic heterocycles. The van der Waals surface area contributed by atoms with Crippen molar-refractivity contribution in [2.24, 2.45) is 0 Å². The molecule has 0 amide bonds. The molecule has 0 spiro atoms. The van der Waals surface area contributed by atoms with Crippen LogP contribution in [0.3, 0.4) is 0 Å². The normalized spacial score (nSPS) is 14.8. The summed E-state index contributed by atoms with van der Waals surface area (Å²) in [5.74, 6) is 0.523. The fourth-order valence-electron chi connectivity index (χ4n) is 10.6. The van der Waals surface area contributed by atoms with Gasteiger partial charge in [-0.05, 0) is 128 Å². The zero-order valence-electron chi connectivity index (χ0n) is 37.1. The van der Waals surface area contributed by atoms with E-state index >= 15 is 0 Å². The summed E-state index contributed by atoms with van der Waals surface area (Å²) < 4.78 is 10.7. The van der Waals surface area contributed by atoms with Gasteiger partial charge in [-0.25, -0.2) is 0 Å². The van der Waals surface area contributed by atoms with E-state index in [4.69, 9.17) is 4.42 Å². The molecule has 317 valence electrons. The quantitative estimate of drug-likeness (QED) is 0.0956. The monoisotopic (exact) mass is 999 g/mol. The molecule has 3 aliphatic carbocycles. The summed E-state index contributed by atoms with van der Waals surface area (Å²) in [6, 6.07) is 27.0. The van der Waals surface area contributed by atoms with E-state index in [2.05, 4.69) is 151 Å². The first-order valence-corrected chi connectivity index (χ1v) is 26.1. The van der Waals surface area contributed by atoms with Gasteiger partial charge in [0.15, 0.2) is 0 Å². The van der Waals surface area contributed by atoms with Crippen LogP contribution >= 0.6 is 0 Å². The summed E-state index contributed by atoms with van der Waals surface area (Å²) in [7, 11) is 7.31. The summed E-state index contributed by atoms with van der Waals surface area (Å²) in [6.07, 6.45) is 19.0. The third-order valence-corrected chi connectivity index (χ3v) is 15.7. The molecule has 0 N–H and O–H groups in total. The number of aromatic nitrogens is 2. The summed E-state index contributed by atoms with van der Waals surface area (Å²) in [6.45, 7) is 20.7. The van der Waals surface area contributed by atoms with Crippen molar-refractivity contribution in [2.75, 3.05) is 0 Å². The van der Waals surface area contributed by atoms with Crippen LogP contribution in [0.1, 0.15) is 108 Å². The van der Waals surface area contributed by atoms with Gasteiger partial charge >= 0.3 is 0 Å². The maximum atomic E-state index is 6.59. The smallest absolute Gasteiger partial charge is 0.133 e. The second kappa shape index (κ2) is 17.2. The van der Waals surface area contributed by atoms with E-state index in [1.165, 1.54) is 136 Å². The Morgan fingerprint density at radius 3 is 1.95 bits per heavy atom. The minimum atomic E-state index is -1.41. The molecule has 0 saturated heterocycles. The minimum absolute atomic E-state index is 0. The SMILES string of the molecule is [CH2-]c1ccc2c(c1-c1cc(C(C)C)c([Si](C)(C)C)c[n+]1[CH2-])CCCC2.[CH2-]c1ccc2c(oc3ccc(-c4cccc5c4CCCC5)cc32)c1-c1c2c(cc[n+]1[CH2-])CCCC2.[Ir]. The first-order valence-electron chi connectivity index (χ1n) is 22.6. The number of hydrogen-bond donors (Lipinski definition) is 0. The van der Waals surface area contributed by atoms with Crippen LogP contribution in [-0.4, -0.2) is 8.07 Å².